The van der Waals surface area contributed by atoms with Gasteiger partial charge in [0, 0.05) is 22.3 Å². The Bertz CT molecular complexity index is 1180. The first-order valence-corrected chi connectivity index (χ1v) is 8.92. The molecule has 1 aromatic heterocycles. The van der Waals surface area contributed by atoms with E-state index in [1.807, 2.05) is 30.6 Å². The predicted molar refractivity (Wildman–Crippen MR) is 108 cm³/mol. The standard InChI is InChI=1S/C23H16N4/c24-14-16-8-10-20-18(12-16)9-11-21(26-20)17-4-3-5-19(13-17)27-15-25-22-6-1-2-7-23(22)27/h1-5,7-13,15,22H,6H2. The fraction of sp³-hybridized carbons (Fsp3) is 0.0870. The van der Waals surface area contributed by atoms with Crippen LogP contribution >= 0.6 is 0 Å². The van der Waals surface area contributed by atoms with Gasteiger partial charge in [-0.15, -0.1) is 0 Å². The lowest BCUT2D eigenvalue weighted by atomic mass is 10.0. The van der Waals surface area contributed by atoms with Crippen LogP contribution in [0.15, 0.2) is 83.5 Å². The molecule has 0 amide bonds. The second-order valence-corrected chi connectivity index (χ2v) is 6.67. The average Bonchev–Trinajstić information content (AvgIpc) is 3.17. The molecule has 1 unspecified atom stereocenters. The Morgan fingerprint density at radius 2 is 2.04 bits per heavy atom. The molecule has 2 aliphatic rings. The van der Waals surface area contributed by atoms with Gasteiger partial charge in [0.05, 0.1) is 35.2 Å². The van der Waals surface area contributed by atoms with Gasteiger partial charge in [0.2, 0.25) is 0 Å². The van der Waals surface area contributed by atoms with Crippen molar-refractivity contribution in [1.82, 2.24) is 4.98 Å². The summed E-state index contributed by atoms with van der Waals surface area (Å²) >= 11 is 0. The first kappa shape index (κ1) is 15.5. The van der Waals surface area contributed by atoms with E-state index >= 15 is 0 Å². The molecule has 0 fully saturated rings. The Balaban J connectivity index is 1.53. The number of benzene rings is 2. The number of hydrogen-bond donors (Lipinski definition) is 0. The maximum atomic E-state index is 9.05. The lowest BCUT2D eigenvalue weighted by molar-refractivity contribution is 0.797. The summed E-state index contributed by atoms with van der Waals surface area (Å²) in [6.45, 7) is 0. The molecule has 0 saturated heterocycles. The summed E-state index contributed by atoms with van der Waals surface area (Å²) in [6, 6.07) is 20.4. The quantitative estimate of drug-likeness (QED) is 0.666. The van der Waals surface area contributed by atoms with Gasteiger partial charge in [0.1, 0.15) is 0 Å². The van der Waals surface area contributed by atoms with Crippen LogP contribution < -0.4 is 4.90 Å². The van der Waals surface area contributed by atoms with Crippen molar-refractivity contribution in [2.24, 2.45) is 4.99 Å². The van der Waals surface area contributed by atoms with E-state index in [4.69, 9.17) is 10.2 Å². The molecule has 4 heteroatoms. The van der Waals surface area contributed by atoms with E-state index in [2.05, 4.69) is 58.5 Å². The molecule has 128 valence electrons. The molecule has 0 spiro atoms. The summed E-state index contributed by atoms with van der Waals surface area (Å²) in [5.74, 6) is 0. The summed E-state index contributed by atoms with van der Waals surface area (Å²) in [7, 11) is 0. The number of aromatic nitrogens is 1. The Morgan fingerprint density at radius 1 is 1.07 bits per heavy atom. The molecule has 4 nitrogen and oxygen atoms in total. The number of aliphatic imine (C=N–C) groups is 1. The minimum absolute atomic E-state index is 0.229. The third-order valence-electron chi connectivity index (χ3n) is 4.98. The van der Waals surface area contributed by atoms with Crippen LogP contribution in [0.2, 0.25) is 0 Å². The minimum atomic E-state index is 0.229. The molecular weight excluding hydrogens is 332 g/mol. The highest BCUT2D eigenvalue weighted by atomic mass is 15.2. The molecule has 1 atom stereocenters. The van der Waals surface area contributed by atoms with Gasteiger partial charge in [-0.1, -0.05) is 30.4 Å². The summed E-state index contributed by atoms with van der Waals surface area (Å²) in [6.07, 6.45) is 9.25. The van der Waals surface area contributed by atoms with Crippen molar-refractivity contribution in [2.45, 2.75) is 12.5 Å². The highest BCUT2D eigenvalue weighted by molar-refractivity contribution is 5.89. The van der Waals surface area contributed by atoms with Crippen LogP contribution in [0.5, 0.6) is 0 Å². The van der Waals surface area contributed by atoms with Crippen LogP contribution in [-0.2, 0) is 0 Å². The van der Waals surface area contributed by atoms with Crippen molar-refractivity contribution in [2.75, 3.05) is 4.90 Å². The van der Waals surface area contributed by atoms with E-state index in [9.17, 15) is 0 Å². The van der Waals surface area contributed by atoms with Gasteiger partial charge in [0.25, 0.3) is 0 Å². The van der Waals surface area contributed by atoms with Crippen molar-refractivity contribution in [1.29, 1.82) is 5.26 Å². The molecule has 1 aliphatic heterocycles. The fourth-order valence-electron chi connectivity index (χ4n) is 3.58. The number of nitriles is 1. The van der Waals surface area contributed by atoms with Gasteiger partial charge in [-0.05, 0) is 48.9 Å². The van der Waals surface area contributed by atoms with Crippen molar-refractivity contribution in [3.05, 3.63) is 84.1 Å². The van der Waals surface area contributed by atoms with Crippen molar-refractivity contribution in [3.63, 3.8) is 0 Å². The number of rotatable bonds is 2. The molecule has 0 bridgehead atoms. The number of anilines is 1. The number of allylic oxidation sites excluding steroid dienone is 2. The van der Waals surface area contributed by atoms with Crippen LogP contribution in [0.3, 0.4) is 0 Å². The van der Waals surface area contributed by atoms with E-state index in [-0.39, 0.29) is 6.04 Å². The summed E-state index contributed by atoms with van der Waals surface area (Å²) in [5.41, 5.74) is 5.81. The second-order valence-electron chi connectivity index (χ2n) is 6.67. The van der Waals surface area contributed by atoms with E-state index in [1.54, 1.807) is 6.07 Å². The first-order valence-electron chi connectivity index (χ1n) is 8.92. The minimum Gasteiger partial charge on any atom is -0.303 e. The van der Waals surface area contributed by atoms with E-state index in [0.717, 1.165) is 34.3 Å². The maximum Gasteiger partial charge on any atom is 0.0991 e. The molecule has 2 heterocycles. The van der Waals surface area contributed by atoms with Crippen LogP contribution in [0.4, 0.5) is 5.69 Å². The molecule has 5 rings (SSSR count). The molecule has 27 heavy (non-hydrogen) atoms. The lowest BCUT2D eigenvalue weighted by Gasteiger charge is -2.22. The van der Waals surface area contributed by atoms with Crippen molar-refractivity contribution in [3.8, 4) is 17.3 Å². The molecule has 3 aromatic rings. The highest BCUT2D eigenvalue weighted by Crippen LogP contribution is 2.32. The smallest absolute Gasteiger partial charge is 0.0991 e. The van der Waals surface area contributed by atoms with Gasteiger partial charge in [-0.25, -0.2) is 4.98 Å². The van der Waals surface area contributed by atoms with Crippen LogP contribution in [-0.4, -0.2) is 17.4 Å². The van der Waals surface area contributed by atoms with Crippen molar-refractivity contribution >= 4 is 22.9 Å². The molecular formula is C23H16N4. The summed E-state index contributed by atoms with van der Waals surface area (Å²) in [5, 5.41) is 10.0. The van der Waals surface area contributed by atoms with Gasteiger partial charge in [-0.3, -0.25) is 4.99 Å². The zero-order chi connectivity index (χ0) is 18.2. The van der Waals surface area contributed by atoms with E-state index in [1.165, 1.54) is 5.70 Å². The largest absolute Gasteiger partial charge is 0.303 e. The lowest BCUT2D eigenvalue weighted by Crippen LogP contribution is -2.21. The first-order chi connectivity index (χ1) is 13.3. The number of nitrogens with zero attached hydrogens (tertiary/aromatic N) is 4. The maximum absolute atomic E-state index is 9.05. The topological polar surface area (TPSA) is 52.3 Å². The molecule has 0 saturated carbocycles. The number of pyridine rings is 1. The van der Waals surface area contributed by atoms with Crippen LogP contribution in [0.25, 0.3) is 22.2 Å². The van der Waals surface area contributed by atoms with Gasteiger partial charge in [0.15, 0.2) is 0 Å². The summed E-state index contributed by atoms with van der Waals surface area (Å²) < 4.78 is 0. The molecule has 1 aliphatic carbocycles. The fourth-order valence-corrected chi connectivity index (χ4v) is 3.58. The van der Waals surface area contributed by atoms with Gasteiger partial charge in [-0.2, -0.15) is 5.26 Å². The zero-order valence-electron chi connectivity index (χ0n) is 14.6. The monoisotopic (exact) mass is 348 g/mol. The second kappa shape index (κ2) is 6.22. The normalized spacial score (nSPS) is 17.7. The Kier molecular flexibility index (Phi) is 3.58. The third-order valence-corrected chi connectivity index (χ3v) is 4.98. The Morgan fingerprint density at radius 3 is 2.96 bits per heavy atom. The van der Waals surface area contributed by atoms with Gasteiger partial charge >= 0.3 is 0 Å². The van der Waals surface area contributed by atoms with E-state index < -0.39 is 0 Å². The zero-order valence-corrected chi connectivity index (χ0v) is 14.6. The van der Waals surface area contributed by atoms with Crippen molar-refractivity contribution < 1.29 is 0 Å². The molecule has 0 radical (unpaired) electrons. The number of fused-ring (bicyclic) bond motifs is 2. The molecule has 2 aromatic carbocycles. The van der Waals surface area contributed by atoms with Crippen LogP contribution in [0.1, 0.15) is 12.0 Å². The van der Waals surface area contributed by atoms with Gasteiger partial charge < -0.3 is 4.90 Å². The average molecular weight is 348 g/mol. The highest BCUT2D eigenvalue weighted by Gasteiger charge is 2.25. The summed E-state index contributed by atoms with van der Waals surface area (Å²) in [4.78, 5) is 11.5. The predicted octanol–water partition coefficient (Wildman–Crippen LogP) is 4.83. The molecule has 0 N–H and O–H groups in total. The Labute approximate surface area is 157 Å². The number of hydrogen-bond acceptors (Lipinski definition) is 4. The third kappa shape index (κ3) is 2.70. The SMILES string of the molecule is N#Cc1ccc2nc(-c3cccc(N4C=NC5CC=CC=C54)c3)ccc2c1. The van der Waals surface area contributed by atoms with E-state index in [0.29, 0.717) is 5.56 Å². The Hall–Kier alpha value is -3.71. The van der Waals surface area contributed by atoms with Crippen LogP contribution in [0, 0.1) is 11.3 Å².